The van der Waals surface area contributed by atoms with Gasteiger partial charge in [0.1, 0.15) is 0 Å². The molecule has 0 unspecified atom stereocenters. The van der Waals surface area contributed by atoms with Crippen LogP contribution in [0.5, 0.6) is 0 Å². The van der Waals surface area contributed by atoms with E-state index in [9.17, 15) is 13.2 Å². The summed E-state index contributed by atoms with van der Waals surface area (Å²) in [7, 11) is 0. The van der Waals surface area contributed by atoms with Crippen LogP contribution in [0.1, 0.15) is 37.7 Å². The van der Waals surface area contributed by atoms with Gasteiger partial charge in [0.15, 0.2) is 0 Å². The number of pyridine rings is 1. The molecule has 0 bridgehead atoms. The van der Waals surface area contributed by atoms with Crippen LogP contribution < -0.4 is 10.6 Å². The van der Waals surface area contributed by atoms with Gasteiger partial charge >= 0.3 is 6.18 Å². The van der Waals surface area contributed by atoms with Gasteiger partial charge in [0, 0.05) is 12.2 Å². The van der Waals surface area contributed by atoms with E-state index in [1.54, 1.807) is 12.4 Å². The molecule has 1 fully saturated rings. The van der Waals surface area contributed by atoms with E-state index in [-0.39, 0.29) is 0 Å². The fourth-order valence-corrected chi connectivity index (χ4v) is 3.17. The van der Waals surface area contributed by atoms with Crippen molar-refractivity contribution in [2.75, 3.05) is 17.2 Å². The first kappa shape index (κ1) is 17.6. The Hall–Kier alpha value is -2.24. The second-order valence-corrected chi connectivity index (χ2v) is 6.55. The van der Waals surface area contributed by atoms with Gasteiger partial charge in [-0.05, 0) is 49.1 Å². The molecule has 0 atom stereocenters. The zero-order valence-electron chi connectivity index (χ0n) is 13.9. The van der Waals surface area contributed by atoms with Crippen LogP contribution in [0, 0.1) is 5.92 Å². The van der Waals surface area contributed by atoms with Crippen LogP contribution in [-0.2, 0) is 6.18 Å². The van der Waals surface area contributed by atoms with Crippen molar-refractivity contribution >= 4 is 17.1 Å². The van der Waals surface area contributed by atoms with Crippen molar-refractivity contribution in [3.63, 3.8) is 0 Å². The minimum atomic E-state index is -4.32. The molecule has 1 saturated carbocycles. The smallest absolute Gasteiger partial charge is 0.383 e. The summed E-state index contributed by atoms with van der Waals surface area (Å²) < 4.78 is 37.8. The van der Waals surface area contributed by atoms with E-state index in [0.717, 1.165) is 30.1 Å². The molecule has 0 radical (unpaired) electrons. The normalized spacial score (nSPS) is 15.8. The Balaban J connectivity index is 1.59. The summed E-state index contributed by atoms with van der Waals surface area (Å²) in [5, 5.41) is 6.51. The minimum absolute atomic E-state index is 0.597. The fraction of sp³-hybridized carbons (Fsp3) is 0.421. The monoisotopic (exact) mass is 349 g/mol. The molecule has 3 rings (SSSR count). The summed E-state index contributed by atoms with van der Waals surface area (Å²) in [4.78, 5) is 4.20. The minimum Gasteiger partial charge on any atom is -0.383 e. The molecule has 1 heterocycles. The Kier molecular flexibility index (Phi) is 5.46. The third kappa shape index (κ3) is 5.11. The molecule has 0 spiro atoms. The Morgan fingerprint density at radius 2 is 1.60 bits per heavy atom. The number of hydrogen-bond donors (Lipinski definition) is 2. The number of benzene rings is 1. The lowest BCUT2D eigenvalue weighted by Gasteiger charge is -2.22. The van der Waals surface area contributed by atoms with E-state index in [0.29, 0.717) is 11.6 Å². The summed E-state index contributed by atoms with van der Waals surface area (Å²) >= 11 is 0. The van der Waals surface area contributed by atoms with Gasteiger partial charge in [-0.1, -0.05) is 19.3 Å². The molecular weight excluding hydrogens is 327 g/mol. The first-order chi connectivity index (χ1) is 12.0. The number of anilines is 3. The molecule has 0 aliphatic heterocycles. The standard InChI is InChI=1S/C19H22F3N3/c20-19(21,22)15-6-8-16(9-7-15)25-18-10-17(12-23-13-18)24-11-14-4-2-1-3-5-14/h6-10,12-14,24-25H,1-5,11H2. The van der Waals surface area contributed by atoms with E-state index in [4.69, 9.17) is 0 Å². The van der Waals surface area contributed by atoms with Crippen LogP contribution in [-0.4, -0.2) is 11.5 Å². The predicted molar refractivity (Wildman–Crippen MR) is 94.0 cm³/mol. The predicted octanol–water partition coefficient (Wildman–Crippen LogP) is 5.84. The molecule has 1 aliphatic rings. The summed E-state index contributed by atoms with van der Waals surface area (Å²) in [6, 6.07) is 6.91. The Morgan fingerprint density at radius 1 is 0.920 bits per heavy atom. The van der Waals surface area contributed by atoms with Crippen molar-refractivity contribution in [2.45, 2.75) is 38.3 Å². The van der Waals surface area contributed by atoms with E-state index >= 15 is 0 Å². The van der Waals surface area contributed by atoms with Crippen LogP contribution in [0.2, 0.25) is 0 Å². The summed E-state index contributed by atoms with van der Waals surface area (Å²) in [5.74, 6) is 0.709. The molecule has 1 aromatic carbocycles. The topological polar surface area (TPSA) is 37.0 Å². The average molecular weight is 349 g/mol. The molecular formula is C19H22F3N3. The van der Waals surface area contributed by atoms with E-state index in [1.165, 1.54) is 44.2 Å². The molecule has 25 heavy (non-hydrogen) atoms. The number of rotatable bonds is 5. The SMILES string of the molecule is FC(F)(F)c1ccc(Nc2cncc(NCC3CCCCC3)c2)cc1. The van der Waals surface area contributed by atoms with E-state index in [1.807, 2.05) is 6.07 Å². The van der Waals surface area contributed by atoms with Crippen molar-refractivity contribution in [3.8, 4) is 0 Å². The third-order valence-corrected chi connectivity index (χ3v) is 4.56. The maximum absolute atomic E-state index is 12.6. The molecule has 0 saturated heterocycles. The van der Waals surface area contributed by atoms with Gasteiger partial charge in [-0.2, -0.15) is 13.2 Å². The van der Waals surface area contributed by atoms with Gasteiger partial charge in [0.25, 0.3) is 0 Å². The second kappa shape index (κ2) is 7.76. The van der Waals surface area contributed by atoms with Gasteiger partial charge in [0.2, 0.25) is 0 Å². The summed E-state index contributed by atoms with van der Waals surface area (Å²) in [6.45, 7) is 0.936. The Labute approximate surface area is 145 Å². The van der Waals surface area contributed by atoms with Crippen LogP contribution in [0.3, 0.4) is 0 Å². The first-order valence-corrected chi connectivity index (χ1v) is 8.64. The van der Waals surface area contributed by atoms with Crippen LogP contribution in [0.4, 0.5) is 30.2 Å². The maximum atomic E-state index is 12.6. The molecule has 1 aromatic heterocycles. The highest BCUT2D eigenvalue weighted by Gasteiger charge is 2.29. The van der Waals surface area contributed by atoms with Crippen molar-refractivity contribution in [1.82, 2.24) is 4.98 Å². The quantitative estimate of drug-likeness (QED) is 0.712. The van der Waals surface area contributed by atoms with Gasteiger partial charge in [-0.3, -0.25) is 4.98 Å². The number of alkyl halides is 3. The highest BCUT2D eigenvalue weighted by atomic mass is 19.4. The van der Waals surface area contributed by atoms with Gasteiger partial charge in [0.05, 0.1) is 29.3 Å². The van der Waals surface area contributed by atoms with Crippen molar-refractivity contribution < 1.29 is 13.2 Å². The van der Waals surface area contributed by atoms with Crippen molar-refractivity contribution in [1.29, 1.82) is 0 Å². The lowest BCUT2D eigenvalue weighted by molar-refractivity contribution is -0.137. The lowest BCUT2D eigenvalue weighted by atomic mass is 9.89. The largest absolute Gasteiger partial charge is 0.416 e. The lowest BCUT2D eigenvalue weighted by Crippen LogP contribution is -2.17. The van der Waals surface area contributed by atoms with E-state index < -0.39 is 11.7 Å². The molecule has 3 nitrogen and oxygen atoms in total. The molecule has 2 N–H and O–H groups in total. The van der Waals surface area contributed by atoms with Gasteiger partial charge in [-0.15, -0.1) is 0 Å². The molecule has 1 aliphatic carbocycles. The van der Waals surface area contributed by atoms with Gasteiger partial charge in [-0.25, -0.2) is 0 Å². The van der Waals surface area contributed by atoms with Crippen LogP contribution in [0.15, 0.2) is 42.7 Å². The van der Waals surface area contributed by atoms with E-state index in [2.05, 4.69) is 15.6 Å². The van der Waals surface area contributed by atoms with Crippen LogP contribution in [0.25, 0.3) is 0 Å². The van der Waals surface area contributed by atoms with Crippen molar-refractivity contribution in [2.24, 2.45) is 5.92 Å². The molecule has 134 valence electrons. The number of halogens is 3. The highest BCUT2D eigenvalue weighted by Crippen LogP contribution is 2.30. The zero-order valence-corrected chi connectivity index (χ0v) is 13.9. The zero-order chi connectivity index (χ0) is 17.7. The number of nitrogens with zero attached hydrogens (tertiary/aromatic N) is 1. The molecule has 2 aromatic rings. The molecule has 6 heteroatoms. The van der Waals surface area contributed by atoms with Crippen molar-refractivity contribution in [3.05, 3.63) is 48.3 Å². The summed E-state index contributed by atoms with van der Waals surface area (Å²) in [5.41, 5.74) is 1.61. The number of aromatic nitrogens is 1. The average Bonchev–Trinajstić information content (AvgIpc) is 2.61. The Bertz CT molecular complexity index is 677. The first-order valence-electron chi connectivity index (χ1n) is 8.64. The summed E-state index contributed by atoms with van der Waals surface area (Å²) in [6.07, 6.45) is 5.59. The number of nitrogens with one attached hydrogen (secondary N) is 2. The van der Waals surface area contributed by atoms with Crippen LogP contribution >= 0.6 is 0 Å². The number of hydrogen-bond acceptors (Lipinski definition) is 3. The molecule has 0 amide bonds. The Morgan fingerprint density at radius 3 is 2.28 bits per heavy atom. The highest BCUT2D eigenvalue weighted by molar-refractivity contribution is 5.63. The second-order valence-electron chi connectivity index (χ2n) is 6.55. The third-order valence-electron chi connectivity index (χ3n) is 4.56. The fourth-order valence-electron chi connectivity index (χ4n) is 3.17. The van der Waals surface area contributed by atoms with Gasteiger partial charge < -0.3 is 10.6 Å². The maximum Gasteiger partial charge on any atom is 0.416 e.